The Labute approximate surface area is 286 Å². The maximum atomic E-state index is 12.2. The predicted octanol–water partition coefficient (Wildman–Crippen LogP) is 1.43. The smallest absolute Gasteiger partial charge is 0.246 e. The number of rotatable bonds is 35. The average Bonchev–Trinajstić information content (AvgIpc) is 3.11. The van der Waals surface area contributed by atoms with E-state index in [1.165, 1.54) is 6.42 Å². The topological polar surface area (TPSA) is 190 Å². The van der Waals surface area contributed by atoms with Gasteiger partial charge in [0.2, 0.25) is 11.8 Å². The summed E-state index contributed by atoms with van der Waals surface area (Å²) < 4.78 is 48.7. The number of ether oxygens (including phenoxy) is 9. The minimum absolute atomic E-state index is 0.0563. The lowest BCUT2D eigenvalue weighted by atomic mass is 9.89. The molecule has 1 saturated carbocycles. The van der Waals surface area contributed by atoms with E-state index in [9.17, 15) is 9.59 Å². The van der Waals surface area contributed by atoms with Gasteiger partial charge < -0.3 is 58.6 Å². The highest BCUT2D eigenvalue weighted by molar-refractivity contribution is 5.79. The van der Waals surface area contributed by atoms with Crippen LogP contribution in [-0.2, 0) is 52.2 Å². The predicted molar refractivity (Wildman–Crippen MR) is 177 cm³/mol. The standard InChI is InChI=1S/C32H61N5O11/c1-2-40-28-31(38)35-9-11-42-13-15-44-17-19-46-21-23-48-25-24-47-22-20-45-18-16-43-14-12-41-10-8-34-26-30(37-33)27-36-32(39)29-6-4-3-5-7-29/h26,29,33-34H,2-25,27-28H2,1H3,(H,35,38)(H,36,39)/b30-26-,37-33?. The quantitative estimate of drug-likeness (QED) is 0.0554. The maximum absolute atomic E-state index is 12.2. The highest BCUT2D eigenvalue weighted by atomic mass is 16.6. The fourth-order valence-corrected chi connectivity index (χ4v) is 4.28. The van der Waals surface area contributed by atoms with E-state index < -0.39 is 0 Å². The molecule has 0 unspecified atom stereocenters. The van der Waals surface area contributed by atoms with Crippen molar-refractivity contribution in [3.63, 3.8) is 0 Å². The molecule has 0 aromatic heterocycles. The van der Waals surface area contributed by atoms with Crippen molar-refractivity contribution in [1.82, 2.24) is 16.0 Å². The van der Waals surface area contributed by atoms with E-state index in [2.05, 4.69) is 21.1 Å². The number of carbonyl (C=O) groups excluding carboxylic acids is 2. The van der Waals surface area contributed by atoms with Crippen molar-refractivity contribution in [3.8, 4) is 0 Å². The molecule has 48 heavy (non-hydrogen) atoms. The van der Waals surface area contributed by atoms with E-state index in [-0.39, 0.29) is 30.9 Å². The van der Waals surface area contributed by atoms with Crippen molar-refractivity contribution >= 4 is 11.8 Å². The summed E-state index contributed by atoms with van der Waals surface area (Å²) in [4.78, 5) is 23.6. The van der Waals surface area contributed by atoms with Crippen molar-refractivity contribution in [1.29, 1.82) is 5.53 Å². The van der Waals surface area contributed by atoms with E-state index >= 15 is 0 Å². The van der Waals surface area contributed by atoms with E-state index in [4.69, 9.17) is 48.2 Å². The molecule has 0 radical (unpaired) electrons. The van der Waals surface area contributed by atoms with Crippen LogP contribution in [0.2, 0.25) is 0 Å². The Hall–Kier alpha value is -2.28. The molecule has 0 aromatic carbocycles. The number of hydrogen-bond donors (Lipinski definition) is 4. The molecule has 0 aromatic rings. The third kappa shape index (κ3) is 28.7. The summed E-state index contributed by atoms with van der Waals surface area (Å²) in [6.45, 7) is 11.3. The van der Waals surface area contributed by atoms with E-state index in [1.54, 1.807) is 6.20 Å². The van der Waals surface area contributed by atoms with Crippen molar-refractivity contribution in [3.05, 3.63) is 11.9 Å². The minimum Gasteiger partial charge on any atom is -0.387 e. The first-order valence-corrected chi connectivity index (χ1v) is 17.2. The summed E-state index contributed by atoms with van der Waals surface area (Å²) in [6.07, 6.45) is 6.95. The Morgan fingerprint density at radius 2 is 1.06 bits per heavy atom. The first-order chi connectivity index (χ1) is 23.7. The van der Waals surface area contributed by atoms with E-state index in [1.807, 2.05) is 6.92 Å². The first kappa shape index (κ1) is 43.7. The zero-order valence-electron chi connectivity index (χ0n) is 29.0. The Bertz CT molecular complexity index is 804. The number of hydrogen-bond acceptors (Lipinski definition) is 14. The summed E-state index contributed by atoms with van der Waals surface area (Å²) >= 11 is 0. The molecule has 0 spiro atoms. The van der Waals surface area contributed by atoms with Gasteiger partial charge in [-0.05, 0) is 19.8 Å². The first-order valence-electron chi connectivity index (χ1n) is 17.2. The molecule has 0 atom stereocenters. The lowest BCUT2D eigenvalue weighted by Gasteiger charge is -2.20. The van der Waals surface area contributed by atoms with Crippen molar-refractivity contribution in [2.75, 3.05) is 139 Å². The van der Waals surface area contributed by atoms with Gasteiger partial charge in [0.25, 0.3) is 0 Å². The molecule has 0 heterocycles. The van der Waals surface area contributed by atoms with Crippen LogP contribution in [0.3, 0.4) is 0 Å². The van der Waals surface area contributed by atoms with Crippen LogP contribution in [0.15, 0.2) is 17.0 Å². The monoisotopic (exact) mass is 691 g/mol. The maximum Gasteiger partial charge on any atom is 0.246 e. The molecule has 0 saturated heterocycles. The summed E-state index contributed by atoms with van der Waals surface area (Å²) in [5, 5.41) is 12.1. The largest absolute Gasteiger partial charge is 0.387 e. The van der Waals surface area contributed by atoms with Crippen molar-refractivity contribution in [2.24, 2.45) is 11.0 Å². The van der Waals surface area contributed by atoms with E-state index in [0.717, 1.165) is 25.7 Å². The second-order valence-corrected chi connectivity index (χ2v) is 10.6. The third-order valence-electron chi connectivity index (χ3n) is 6.83. The Balaban J connectivity index is 1.72. The van der Waals surface area contributed by atoms with Crippen molar-refractivity contribution in [2.45, 2.75) is 39.0 Å². The molecule has 280 valence electrons. The summed E-state index contributed by atoms with van der Waals surface area (Å²) in [5.41, 5.74) is 7.76. The van der Waals surface area contributed by atoms with Crippen LogP contribution >= 0.6 is 0 Å². The van der Waals surface area contributed by atoms with Gasteiger partial charge in [-0.3, -0.25) is 9.59 Å². The van der Waals surface area contributed by atoms with E-state index in [0.29, 0.717) is 131 Å². The van der Waals surface area contributed by atoms with Crippen LogP contribution in [0.25, 0.3) is 0 Å². The van der Waals surface area contributed by atoms with Gasteiger partial charge in [0.1, 0.15) is 6.61 Å². The number of nitrogens with zero attached hydrogens (tertiary/aromatic N) is 1. The molecule has 0 bridgehead atoms. The second kappa shape index (κ2) is 34.6. The van der Waals surface area contributed by atoms with Gasteiger partial charge in [0.05, 0.1) is 118 Å². The molecule has 0 aliphatic heterocycles. The van der Waals surface area contributed by atoms with Gasteiger partial charge in [-0.1, -0.05) is 19.3 Å². The highest BCUT2D eigenvalue weighted by Gasteiger charge is 2.20. The summed E-state index contributed by atoms with van der Waals surface area (Å²) in [6, 6.07) is 0. The normalized spacial score (nSPS) is 13.8. The molecule has 1 fully saturated rings. The van der Waals surface area contributed by atoms with Crippen LogP contribution in [0.1, 0.15) is 39.0 Å². The zero-order valence-corrected chi connectivity index (χ0v) is 29.0. The van der Waals surface area contributed by atoms with Crippen molar-refractivity contribution < 1.29 is 52.2 Å². The van der Waals surface area contributed by atoms with Crippen LogP contribution in [0, 0.1) is 11.4 Å². The molecule has 1 aliphatic carbocycles. The van der Waals surface area contributed by atoms with Crippen LogP contribution in [0.4, 0.5) is 0 Å². The summed E-state index contributed by atoms with van der Waals surface area (Å²) in [7, 11) is 0. The molecule has 1 rings (SSSR count). The average molecular weight is 692 g/mol. The lowest BCUT2D eigenvalue weighted by Crippen LogP contribution is -2.33. The Kier molecular flexibility index (Phi) is 31.5. The molecule has 16 heteroatoms. The van der Waals surface area contributed by atoms with Gasteiger partial charge in [-0.15, -0.1) is 0 Å². The van der Waals surface area contributed by atoms with Crippen LogP contribution in [0.5, 0.6) is 0 Å². The van der Waals surface area contributed by atoms with Gasteiger partial charge in [0.15, 0.2) is 0 Å². The zero-order chi connectivity index (χ0) is 34.6. The van der Waals surface area contributed by atoms with Gasteiger partial charge in [-0.2, -0.15) is 5.11 Å². The Morgan fingerprint density at radius 1 is 0.625 bits per heavy atom. The van der Waals surface area contributed by atoms with Gasteiger partial charge in [-0.25, -0.2) is 5.53 Å². The molecule has 1 aliphatic rings. The molecule has 2 amide bonds. The minimum atomic E-state index is -0.146. The Morgan fingerprint density at radius 3 is 1.50 bits per heavy atom. The second-order valence-electron chi connectivity index (χ2n) is 10.6. The fraction of sp³-hybridized carbons (Fsp3) is 0.875. The molecule has 16 nitrogen and oxygen atoms in total. The molecule has 4 N–H and O–H groups in total. The third-order valence-corrected chi connectivity index (χ3v) is 6.83. The van der Waals surface area contributed by atoms with Crippen LogP contribution in [-0.4, -0.2) is 150 Å². The number of amides is 2. The fourth-order valence-electron chi connectivity index (χ4n) is 4.28. The van der Waals surface area contributed by atoms with Crippen LogP contribution < -0.4 is 16.0 Å². The molecular weight excluding hydrogens is 630 g/mol. The lowest BCUT2D eigenvalue weighted by molar-refractivity contribution is -0.126. The molecular formula is C32H61N5O11. The summed E-state index contributed by atoms with van der Waals surface area (Å²) in [5.74, 6) is 0.000374. The van der Waals surface area contributed by atoms with Gasteiger partial charge >= 0.3 is 0 Å². The number of nitrogens with one attached hydrogen (secondary N) is 4. The van der Waals surface area contributed by atoms with Gasteiger partial charge in [0, 0.05) is 31.8 Å². The number of carbonyl (C=O) groups is 2. The highest BCUT2D eigenvalue weighted by Crippen LogP contribution is 2.23. The SMILES string of the molecule is CCOCC(=O)NCCOCCOCCOCCOCCOCCOCCOCCOCCN/C=C(/CNC(=O)C1CCCCC1)N=N.